The molecule has 1 unspecified atom stereocenters. The molecule has 1 atom stereocenters. The topological polar surface area (TPSA) is 0 Å². The molecule has 2 aromatic rings. The van der Waals surface area contributed by atoms with E-state index in [0.717, 1.165) is 26.0 Å². The van der Waals surface area contributed by atoms with Gasteiger partial charge in [-0.3, -0.25) is 0 Å². The fourth-order valence-corrected chi connectivity index (χ4v) is 5.59. The molecule has 102 valence electrons. The first kappa shape index (κ1) is 15.6. The first-order chi connectivity index (χ1) is 9.06. The summed E-state index contributed by atoms with van der Waals surface area (Å²) >= 11 is 15.4. The van der Waals surface area contributed by atoms with E-state index in [-0.39, 0.29) is 5.38 Å². The lowest BCUT2D eigenvalue weighted by atomic mass is 9.97. The van der Waals surface area contributed by atoms with Gasteiger partial charge in [0, 0.05) is 5.56 Å². The second-order valence-electron chi connectivity index (χ2n) is 4.38. The highest BCUT2D eigenvalue weighted by molar-refractivity contribution is 9.12. The van der Waals surface area contributed by atoms with E-state index in [0.29, 0.717) is 0 Å². The Labute approximate surface area is 140 Å². The Kier molecular flexibility index (Phi) is 5.53. The van der Waals surface area contributed by atoms with Crippen molar-refractivity contribution in [1.29, 1.82) is 0 Å². The maximum atomic E-state index is 6.63. The van der Waals surface area contributed by atoms with E-state index < -0.39 is 0 Å². The van der Waals surface area contributed by atoms with Gasteiger partial charge in [0.1, 0.15) is 0 Å². The van der Waals surface area contributed by atoms with E-state index in [1.807, 2.05) is 0 Å². The van der Waals surface area contributed by atoms with Gasteiger partial charge in [0.2, 0.25) is 0 Å². The number of thiophene rings is 1. The molecule has 0 amide bonds. The molecule has 0 fully saturated rings. The Balaban J connectivity index is 2.39. The largest absolute Gasteiger partial charge is 0.121 e. The van der Waals surface area contributed by atoms with E-state index in [9.17, 15) is 0 Å². The monoisotopic (exact) mass is 420 g/mol. The number of hydrogen-bond acceptors (Lipinski definition) is 1. The van der Waals surface area contributed by atoms with E-state index >= 15 is 0 Å². The average Bonchev–Trinajstić information content (AvgIpc) is 2.76. The molecule has 0 saturated carbocycles. The summed E-state index contributed by atoms with van der Waals surface area (Å²) in [5, 5.41) is -0.104. The van der Waals surface area contributed by atoms with Crippen LogP contribution in [0.2, 0.25) is 0 Å². The van der Waals surface area contributed by atoms with Crippen molar-refractivity contribution in [2.45, 2.75) is 32.1 Å². The van der Waals surface area contributed by atoms with Crippen molar-refractivity contribution < 1.29 is 0 Å². The molecule has 0 bridgehead atoms. The van der Waals surface area contributed by atoms with Gasteiger partial charge in [0.05, 0.1) is 12.9 Å². The highest BCUT2D eigenvalue weighted by Gasteiger charge is 2.17. The van der Waals surface area contributed by atoms with E-state index in [4.69, 9.17) is 11.6 Å². The first-order valence-corrected chi connectivity index (χ1v) is 9.11. The second-order valence-corrected chi connectivity index (χ2v) is 8.56. The van der Waals surface area contributed by atoms with Gasteiger partial charge in [-0.2, -0.15) is 0 Å². The Morgan fingerprint density at radius 1 is 1.11 bits per heavy atom. The molecule has 0 nitrogen and oxygen atoms in total. The molecule has 1 aromatic carbocycles. The molecule has 1 aromatic heterocycles. The molecular weight excluding hydrogens is 407 g/mol. The van der Waals surface area contributed by atoms with Crippen molar-refractivity contribution in [2.24, 2.45) is 0 Å². The molecule has 0 aliphatic heterocycles. The lowest BCUT2D eigenvalue weighted by Gasteiger charge is -2.13. The minimum atomic E-state index is -0.104. The van der Waals surface area contributed by atoms with Gasteiger partial charge in [-0.15, -0.1) is 22.9 Å². The quantitative estimate of drug-likeness (QED) is 0.479. The van der Waals surface area contributed by atoms with Gasteiger partial charge in [0.25, 0.3) is 0 Å². The van der Waals surface area contributed by atoms with Crippen LogP contribution < -0.4 is 0 Å². The van der Waals surface area contributed by atoms with Gasteiger partial charge >= 0.3 is 0 Å². The Hall–Kier alpha value is 0.170. The molecule has 2 rings (SSSR count). The number of aryl methyl sites for hydroxylation is 2. The van der Waals surface area contributed by atoms with Gasteiger partial charge in [-0.05, 0) is 67.5 Å². The average molecular weight is 423 g/mol. The maximum absolute atomic E-state index is 6.63. The summed E-state index contributed by atoms with van der Waals surface area (Å²) in [6, 6.07) is 8.69. The molecule has 19 heavy (non-hydrogen) atoms. The Morgan fingerprint density at radius 3 is 2.32 bits per heavy atom. The zero-order valence-electron chi connectivity index (χ0n) is 10.8. The summed E-state index contributed by atoms with van der Waals surface area (Å²) in [7, 11) is 0. The minimum absolute atomic E-state index is 0.104. The van der Waals surface area contributed by atoms with E-state index in [1.165, 1.54) is 16.7 Å². The zero-order chi connectivity index (χ0) is 14.0. The molecule has 0 aliphatic carbocycles. The summed E-state index contributed by atoms with van der Waals surface area (Å²) in [5.41, 5.74) is 5.11. The molecular formula is C15H15Br2ClS. The van der Waals surface area contributed by atoms with Crippen LogP contribution in [-0.4, -0.2) is 0 Å². The van der Waals surface area contributed by atoms with Crippen molar-refractivity contribution in [1.82, 2.24) is 0 Å². The van der Waals surface area contributed by atoms with Gasteiger partial charge in [-0.25, -0.2) is 0 Å². The predicted octanol–water partition coefficient (Wildman–Crippen LogP) is 6.73. The third-order valence-electron chi connectivity index (χ3n) is 3.24. The van der Waals surface area contributed by atoms with E-state index in [2.05, 4.69) is 70.0 Å². The summed E-state index contributed by atoms with van der Waals surface area (Å²) in [5.74, 6) is 0. The minimum Gasteiger partial charge on any atom is -0.121 e. The molecule has 0 radical (unpaired) electrons. The van der Waals surface area contributed by atoms with Crippen LogP contribution in [-0.2, 0) is 12.8 Å². The van der Waals surface area contributed by atoms with Crippen molar-refractivity contribution >= 4 is 54.8 Å². The molecule has 1 heterocycles. The Bertz CT molecular complexity index is 578. The van der Waals surface area contributed by atoms with Crippen LogP contribution in [0.25, 0.3) is 0 Å². The fraction of sp³-hybridized carbons (Fsp3) is 0.333. The van der Waals surface area contributed by atoms with Crippen LogP contribution in [0.3, 0.4) is 0 Å². The van der Waals surface area contributed by atoms with Gasteiger partial charge in [0.15, 0.2) is 0 Å². The van der Waals surface area contributed by atoms with Crippen LogP contribution >= 0.6 is 54.8 Å². The molecule has 0 N–H and O–H groups in total. The van der Waals surface area contributed by atoms with Gasteiger partial charge < -0.3 is 0 Å². The molecule has 0 saturated heterocycles. The molecule has 0 aliphatic rings. The molecule has 0 spiro atoms. The lowest BCUT2D eigenvalue weighted by Crippen LogP contribution is -1.97. The third-order valence-corrected chi connectivity index (χ3v) is 6.11. The van der Waals surface area contributed by atoms with Crippen LogP contribution in [0.4, 0.5) is 0 Å². The predicted molar refractivity (Wildman–Crippen MR) is 92.6 cm³/mol. The number of hydrogen-bond donors (Lipinski definition) is 0. The van der Waals surface area contributed by atoms with Gasteiger partial charge in [-0.1, -0.05) is 32.0 Å². The number of benzene rings is 1. The summed E-state index contributed by atoms with van der Waals surface area (Å²) in [6.07, 6.45) is 2.12. The third kappa shape index (κ3) is 3.44. The van der Waals surface area contributed by atoms with E-state index in [1.54, 1.807) is 11.3 Å². The Morgan fingerprint density at radius 2 is 1.79 bits per heavy atom. The summed E-state index contributed by atoms with van der Waals surface area (Å²) in [4.78, 5) is 0. The number of rotatable bonds is 4. The highest BCUT2D eigenvalue weighted by atomic mass is 79.9. The lowest BCUT2D eigenvalue weighted by molar-refractivity contribution is 1.02. The van der Waals surface area contributed by atoms with Crippen LogP contribution in [0.15, 0.2) is 31.8 Å². The maximum Gasteiger partial charge on any atom is 0.0855 e. The number of alkyl halides is 1. The van der Waals surface area contributed by atoms with Crippen molar-refractivity contribution in [2.75, 3.05) is 0 Å². The van der Waals surface area contributed by atoms with Crippen molar-refractivity contribution in [3.8, 4) is 0 Å². The standard InChI is InChI=1S/C15H15Br2ClS/c1-3-9-5-6-11(7-10(9)4-2)14(18)12-8-13(16)19-15(12)17/h5-8,14H,3-4H2,1-2H3. The van der Waals surface area contributed by atoms with Crippen molar-refractivity contribution in [3.05, 3.63) is 54.1 Å². The SMILES string of the molecule is CCc1ccc(C(Cl)c2cc(Br)sc2Br)cc1CC. The van der Waals surface area contributed by atoms with Crippen LogP contribution in [0.1, 0.15) is 41.5 Å². The first-order valence-electron chi connectivity index (χ1n) is 6.27. The van der Waals surface area contributed by atoms with Crippen molar-refractivity contribution in [3.63, 3.8) is 0 Å². The van der Waals surface area contributed by atoms with Crippen LogP contribution in [0.5, 0.6) is 0 Å². The zero-order valence-corrected chi connectivity index (χ0v) is 15.6. The summed E-state index contributed by atoms with van der Waals surface area (Å²) in [6.45, 7) is 4.39. The molecule has 4 heteroatoms. The smallest absolute Gasteiger partial charge is 0.0855 e. The highest BCUT2D eigenvalue weighted by Crippen LogP contribution is 2.41. The summed E-state index contributed by atoms with van der Waals surface area (Å²) < 4.78 is 2.19. The number of halogens is 3. The second kappa shape index (κ2) is 6.75. The fourth-order valence-electron chi connectivity index (χ4n) is 2.18. The van der Waals surface area contributed by atoms with Crippen LogP contribution in [0, 0.1) is 0 Å². The normalized spacial score (nSPS) is 12.7.